The smallest absolute Gasteiger partial charge is 0.257 e. The molecular weight excluding hydrogens is 248 g/mol. The van der Waals surface area contributed by atoms with Crippen LogP contribution < -0.4 is 11.3 Å². The van der Waals surface area contributed by atoms with Gasteiger partial charge < -0.3 is 10.3 Å². The van der Waals surface area contributed by atoms with Crippen LogP contribution in [-0.4, -0.2) is 22.8 Å². The van der Waals surface area contributed by atoms with Crippen molar-refractivity contribution in [2.24, 2.45) is 5.84 Å². The molecular formula is C12H14N4OS. The number of pyridine rings is 1. The molecule has 3 N–H and O–H groups in total. The van der Waals surface area contributed by atoms with Gasteiger partial charge in [-0.3, -0.25) is 4.79 Å². The van der Waals surface area contributed by atoms with E-state index in [1.807, 2.05) is 16.8 Å². The van der Waals surface area contributed by atoms with Crippen LogP contribution in [-0.2, 0) is 6.54 Å². The number of nitrogens with zero attached hydrogens (tertiary/aromatic N) is 2. The van der Waals surface area contributed by atoms with Crippen LogP contribution in [0.25, 0.3) is 0 Å². The lowest BCUT2D eigenvalue weighted by Crippen LogP contribution is -2.27. The highest BCUT2D eigenvalue weighted by Gasteiger charge is 2.16. The zero-order valence-corrected chi connectivity index (χ0v) is 10.8. The lowest BCUT2D eigenvalue weighted by atomic mass is 10.2. The summed E-state index contributed by atoms with van der Waals surface area (Å²) in [6.07, 6.45) is 1.59. The van der Waals surface area contributed by atoms with Gasteiger partial charge in [0.05, 0.1) is 5.56 Å². The number of nitrogen functional groups attached to an aromatic ring is 1. The largest absolute Gasteiger partial charge is 0.337 e. The zero-order valence-electron chi connectivity index (χ0n) is 9.96. The minimum absolute atomic E-state index is 0.109. The Kier molecular flexibility index (Phi) is 3.91. The van der Waals surface area contributed by atoms with Gasteiger partial charge in [0, 0.05) is 19.8 Å². The highest BCUT2D eigenvalue weighted by molar-refractivity contribution is 7.07. The third-order valence-corrected chi connectivity index (χ3v) is 3.25. The molecule has 5 nitrogen and oxygen atoms in total. The van der Waals surface area contributed by atoms with E-state index in [9.17, 15) is 4.79 Å². The van der Waals surface area contributed by atoms with Crippen LogP contribution in [0.15, 0.2) is 35.2 Å². The molecule has 0 atom stereocenters. The average Bonchev–Trinajstić information content (AvgIpc) is 2.90. The van der Waals surface area contributed by atoms with E-state index in [0.29, 0.717) is 17.9 Å². The second-order valence-corrected chi connectivity index (χ2v) is 4.62. The Hall–Kier alpha value is -1.92. The maximum atomic E-state index is 12.2. The first-order chi connectivity index (χ1) is 8.72. The van der Waals surface area contributed by atoms with Gasteiger partial charge >= 0.3 is 0 Å². The fourth-order valence-electron chi connectivity index (χ4n) is 1.63. The summed E-state index contributed by atoms with van der Waals surface area (Å²) in [6, 6.07) is 5.42. The molecule has 0 aliphatic carbocycles. The van der Waals surface area contributed by atoms with E-state index in [2.05, 4.69) is 10.4 Å². The summed E-state index contributed by atoms with van der Waals surface area (Å²) in [7, 11) is 1.76. The highest BCUT2D eigenvalue weighted by atomic mass is 32.1. The second-order valence-electron chi connectivity index (χ2n) is 3.84. The molecule has 0 aliphatic heterocycles. The molecule has 0 saturated heterocycles. The average molecular weight is 262 g/mol. The number of carbonyl (C=O) groups is 1. The molecule has 1 amide bonds. The van der Waals surface area contributed by atoms with Gasteiger partial charge in [0.25, 0.3) is 5.91 Å². The topological polar surface area (TPSA) is 71.2 Å². The summed E-state index contributed by atoms with van der Waals surface area (Å²) in [5.74, 6) is 5.62. The normalized spacial score (nSPS) is 10.1. The molecule has 0 radical (unpaired) electrons. The van der Waals surface area contributed by atoms with E-state index < -0.39 is 0 Å². The van der Waals surface area contributed by atoms with Crippen molar-refractivity contribution >= 4 is 23.1 Å². The van der Waals surface area contributed by atoms with E-state index in [1.54, 1.807) is 41.6 Å². The molecule has 18 heavy (non-hydrogen) atoms. The number of nitrogens with one attached hydrogen (secondary N) is 1. The molecule has 0 spiro atoms. The van der Waals surface area contributed by atoms with E-state index >= 15 is 0 Å². The lowest BCUT2D eigenvalue weighted by molar-refractivity contribution is 0.0786. The molecule has 0 fully saturated rings. The fourth-order valence-corrected chi connectivity index (χ4v) is 2.29. The van der Waals surface area contributed by atoms with Gasteiger partial charge in [0.1, 0.15) is 0 Å². The molecule has 2 heterocycles. The van der Waals surface area contributed by atoms with Gasteiger partial charge in [-0.2, -0.15) is 11.3 Å². The van der Waals surface area contributed by atoms with E-state index in [4.69, 9.17) is 5.84 Å². The minimum atomic E-state index is -0.109. The van der Waals surface area contributed by atoms with Crippen LogP contribution in [0.3, 0.4) is 0 Å². The number of nitrogens with two attached hydrogens (primary N) is 1. The molecule has 2 rings (SSSR count). The van der Waals surface area contributed by atoms with Crippen molar-refractivity contribution in [2.75, 3.05) is 12.5 Å². The Morgan fingerprint density at radius 1 is 1.56 bits per heavy atom. The Balaban J connectivity index is 2.15. The monoisotopic (exact) mass is 262 g/mol. The van der Waals surface area contributed by atoms with Gasteiger partial charge in [-0.25, -0.2) is 10.8 Å². The van der Waals surface area contributed by atoms with Crippen molar-refractivity contribution in [1.29, 1.82) is 0 Å². The van der Waals surface area contributed by atoms with Crippen molar-refractivity contribution in [2.45, 2.75) is 6.54 Å². The molecule has 2 aromatic heterocycles. The molecule has 6 heteroatoms. The summed E-state index contributed by atoms with van der Waals surface area (Å²) in [5, 5.41) is 4.01. The second kappa shape index (κ2) is 5.61. The predicted octanol–water partition coefficient (Wildman–Crippen LogP) is 1.70. The summed E-state index contributed by atoms with van der Waals surface area (Å²) in [5.41, 5.74) is 4.02. The highest BCUT2D eigenvalue weighted by Crippen LogP contribution is 2.15. The molecule has 0 aliphatic rings. The van der Waals surface area contributed by atoms with Crippen LogP contribution in [0.5, 0.6) is 0 Å². The molecule has 94 valence electrons. The van der Waals surface area contributed by atoms with E-state index in [0.717, 1.165) is 5.56 Å². The first-order valence-corrected chi connectivity index (χ1v) is 6.35. The van der Waals surface area contributed by atoms with Crippen LogP contribution in [0.4, 0.5) is 5.82 Å². The fraction of sp³-hybridized carbons (Fsp3) is 0.167. The Labute approximate surface area is 109 Å². The zero-order chi connectivity index (χ0) is 13.0. The van der Waals surface area contributed by atoms with Crippen LogP contribution >= 0.6 is 11.3 Å². The number of aromatic nitrogens is 1. The van der Waals surface area contributed by atoms with Crippen molar-refractivity contribution in [3.8, 4) is 0 Å². The summed E-state index contributed by atoms with van der Waals surface area (Å²) >= 11 is 1.61. The number of anilines is 1. The molecule has 0 bridgehead atoms. The number of amides is 1. The summed E-state index contributed by atoms with van der Waals surface area (Å²) in [6.45, 7) is 0.571. The van der Waals surface area contributed by atoms with Crippen LogP contribution in [0, 0.1) is 0 Å². The Bertz CT molecular complexity index is 527. The first-order valence-electron chi connectivity index (χ1n) is 5.40. The molecule has 0 saturated carbocycles. The molecule has 0 aromatic carbocycles. The third kappa shape index (κ3) is 2.66. The minimum Gasteiger partial charge on any atom is -0.337 e. The maximum absolute atomic E-state index is 12.2. The maximum Gasteiger partial charge on any atom is 0.257 e. The number of thiophene rings is 1. The quantitative estimate of drug-likeness (QED) is 0.650. The first kappa shape index (κ1) is 12.5. The lowest BCUT2D eigenvalue weighted by Gasteiger charge is -2.17. The van der Waals surface area contributed by atoms with Gasteiger partial charge in [-0.1, -0.05) is 0 Å². The van der Waals surface area contributed by atoms with Gasteiger partial charge in [0.15, 0.2) is 5.82 Å². The number of hydrogen-bond acceptors (Lipinski definition) is 5. The van der Waals surface area contributed by atoms with Crippen molar-refractivity contribution in [3.05, 3.63) is 46.3 Å². The molecule has 2 aromatic rings. The van der Waals surface area contributed by atoms with Gasteiger partial charge in [-0.15, -0.1) is 0 Å². The van der Waals surface area contributed by atoms with Crippen molar-refractivity contribution in [3.63, 3.8) is 0 Å². The van der Waals surface area contributed by atoms with E-state index in [1.165, 1.54) is 0 Å². The predicted molar refractivity (Wildman–Crippen MR) is 72.2 cm³/mol. The SMILES string of the molecule is CN(Cc1ccsc1)C(=O)c1cccnc1NN. The Morgan fingerprint density at radius 3 is 3.06 bits per heavy atom. The number of carbonyl (C=O) groups excluding carboxylic acids is 1. The molecule has 0 unspecified atom stereocenters. The standard InChI is InChI=1S/C12H14N4OS/c1-16(7-9-4-6-18-8-9)12(17)10-3-2-5-14-11(10)15-13/h2-6,8H,7,13H2,1H3,(H,14,15). The van der Waals surface area contributed by atoms with Crippen LogP contribution in [0.1, 0.15) is 15.9 Å². The van der Waals surface area contributed by atoms with Crippen molar-refractivity contribution < 1.29 is 4.79 Å². The summed E-state index contributed by atoms with van der Waals surface area (Å²) < 4.78 is 0. The van der Waals surface area contributed by atoms with Crippen molar-refractivity contribution in [1.82, 2.24) is 9.88 Å². The van der Waals surface area contributed by atoms with Gasteiger partial charge in [0.2, 0.25) is 0 Å². The third-order valence-electron chi connectivity index (χ3n) is 2.52. The summed E-state index contributed by atoms with van der Waals surface area (Å²) in [4.78, 5) is 17.9. The van der Waals surface area contributed by atoms with E-state index in [-0.39, 0.29) is 5.91 Å². The number of hydrazine groups is 1. The number of rotatable bonds is 4. The van der Waals surface area contributed by atoms with Crippen LogP contribution in [0.2, 0.25) is 0 Å². The van der Waals surface area contributed by atoms with Gasteiger partial charge in [-0.05, 0) is 34.5 Å². The number of hydrogen-bond donors (Lipinski definition) is 2. The Morgan fingerprint density at radius 2 is 2.39 bits per heavy atom.